The van der Waals surface area contributed by atoms with Crippen molar-refractivity contribution in [2.24, 2.45) is 0 Å². The highest BCUT2D eigenvalue weighted by Gasteiger charge is 2.19. The Kier molecular flexibility index (Phi) is 6.24. The lowest BCUT2D eigenvalue weighted by Gasteiger charge is -2.34. The van der Waals surface area contributed by atoms with Crippen LogP contribution in [0.15, 0.2) is 54.2 Å². The first-order valence-electron chi connectivity index (χ1n) is 10.1. The molecule has 0 unspecified atom stereocenters. The number of rotatable bonds is 6. The molecule has 2 aromatic rings. The summed E-state index contributed by atoms with van der Waals surface area (Å²) in [4.78, 5) is 27.6. The summed E-state index contributed by atoms with van der Waals surface area (Å²) >= 11 is 0. The van der Waals surface area contributed by atoms with Gasteiger partial charge in [-0.25, -0.2) is 4.79 Å². The van der Waals surface area contributed by atoms with E-state index in [1.54, 1.807) is 6.20 Å². The van der Waals surface area contributed by atoms with Crippen molar-refractivity contribution in [3.8, 4) is 17.6 Å². The number of nitrogens with zero attached hydrogens (tertiary/aromatic N) is 3. The second-order valence-electron chi connectivity index (χ2n) is 7.49. The third kappa shape index (κ3) is 4.99. The van der Waals surface area contributed by atoms with Crippen molar-refractivity contribution in [1.82, 2.24) is 9.80 Å². The van der Waals surface area contributed by atoms with Gasteiger partial charge in [-0.15, -0.1) is 0 Å². The molecule has 32 heavy (non-hydrogen) atoms. The first kappa shape index (κ1) is 21.2. The van der Waals surface area contributed by atoms with Gasteiger partial charge in [0.1, 0.15) is 11.6 Å². The summed E-state index contributed by atoms with van der Waals surface area (Å²) in [7, 11) is 0. The molecule has 9 heteroatoms. The van der Waals surface area contributed by atoms with Crippen LogP contribution in [-0.4, -0.2) is 59.8 Å². The average molecular weight is 434 g/mol. The highest BCUT2D eigenvalue weighted by atomic mass is 16.7. The number of fused-ring (bicyclic) bond motifs is 1. The van der Waals surface area contributed by atoms with E-state index >= 15 is 0 Å². The van der Waals surface area contributed by atoms with Crippen LogP contribution in [0.1, 0.15) is 15.9 Å². The molecule has 2 heterocycles. The third-order valence-corrected chi connectivity index (χ3v) is 5.32. The van der Waals surface area contributed by atoms with Crippen molar-refractivity contribution < 1.29 is 24.2 Å². The van der Waals surface area contributed by atoms with Crippen LogP contribution in [0.2, 0.25) is 0 Å². The number of carbonyl (C=O) groups excluding carboxylic acids is 1. The highest BCUT2D eigenvalue weighted by molar-refractivity contribution is 6.06. The van der Waals surface area contributed by atoms with Crippen LogP contribution in [0.5, 0.6) is 11.5 Å². The zero-order chi connectivity index (χ0) is 22.5. The van der Waals surface area contributed by atoms with Crippen LogP contribution in [0, 0.1) is 11.3 Å². The molecule has 164 valence electrons. The van der Waals surface area contributed by atoms with E-state index < -0.39 is 11.9 Å². The molecular formula is C23H22N4O5. The van der Waals surface area contributed by atoms with Crippen molar-refractivity contribution in [3.63, 3.8) is 0 Å². The maximum absolute atomic E-state index is 12.5. The third-order valence-electron chi connectivity index (χ3n) is 5.32. The molecule has 0 saturated carbocycles. The van der Waals surface area contributed by atoms with Gasteiger partial charge in [0.25, 0.3) is 5.91 Å². The van der Waals surface area contributed by atoms with Crippen molar-refractivity contribution in [3.05, 3.63) is 65.4 Å². The Bertz CT molecular complexity index is 1080. The van der Waals surface area contributed by atoms with Gasteiger partial charge in [0.05, 0.1) is 5.56 Å². The van der Waals surface area contributed by atoms with E-state index in [0.717, 1.165) is 36.7 Å². The Morgan fingerprint density at radius 2 is 1.78 bits per heavy atom. The molecular weight excluding hydrogens is 412 g/mol. The lowest BCUT2D eigenvalue weighted by atomic mass is 10.1. The smallest absolute Gasteiger partial charge is 0.335 e. The number of carboxylic acids is 1. The largest absolute Gasteiger partial charge is 0.478 e. The summed E-state index contributed by atoms with van der Waals surface area (Å²) in [6, 6.07) is 13.7. The Morgan fingerprint density at radius 1 is 1.06 bits per heavy atom. The van der Waals surface area contributed by atoms with Crippen LogP contribution >= 0.6 is 0 Å². The fourth-order valence-corrected chi connectivity index (χ4v) is 3.56. The molecule has 9 nitrogen and oxygen atoms in total. The van der Waals surface area contributed by atoms with E-state index in [4.69, 9.17) is 14.6 Å². The van der Waals surface area contributed by atoms with E-state index in [2.05, 4.69) is 10.2 Å². The topological polar surface area (TPSA) is 115 Å². The number of aromatic carboxylic acids is 1. The first-order chi connectivity index (χ1) is 15.5. The maximum atomic E-state index is 12.5. The zero-order valence-corrected chi connectivity index (χ0v) is 17.3. The minimum absolute atomic E-state index is 0.00321. The number of amides is 1. The standard InChI is InChI=1S/C23H22N4O5/c24-12-18(22(28)25-19-4-2-17(3-5-19)23(29)30)14-27-9-7-26(8-10-27)13-16-1-6-20-21(11-16)32-15-31-20/h1-6,11,14H,7-10,13,15H2,(H,25,28)(H,29,30)/b18-14-. The Labute approximate surface area is 185 Å². The fourth-order valence-electron chi connectivity index (χ4n) is 3.56. The second kappa shape index (κ2) is 9.41. The lowest BCUT2D eigenvalue weighted by Crippen LogP contribution is -2.43. The molecule has 2 aliphatic heterocycles. The molecule has 4 rings (SSSR count). The number of nitriles is 1. The van der Waals surface area contributed by atoms with Crippen LogP contribution in [0.3, 0.4) is 0 Å². The lowest BCUT2D eigenvalue weighted by molar-refractivity contribution is -0.112. The zero-order valence-electron chi connectivity index (χ0n) is 17.3. The van der Waals surface area contributed by atoms with Crippen molar-refractivity contribution in [2.75, 3.05) is 38.3 Å². The Balaban J connectivity index is 1.31. The van der Waals surface area contributed by atoms with E-state index in [1.807, 2.05) is 29.2 Å². The van der Waals surface area contributed by atoms with E-state index in [9.17, 15) is 14.9 Å². The summed E-state index contributed by atoms with van der Waals surface area (Å²) < 4.78 is 10.8. The fraction of sp³-hybridized carbons (Fsp3) is 0.261. The van der Waals surface area contributed by atoms with E-state index in [1.165, 1.54) is 24.3 Å². The number of ether oxygens (including phenoxy) is 2. The second-order valence-corrected chi connectivity index (χ2v) is 7.49. The van der Waals surface area contributed by atoms with Gasteiger partial charge in [-0.05, 0) is 42.0 Å². The molecule has 0 aliphatic carbocycles. The van der Waals surface area contributed by atoms with Gasteiger partial charge in [0, 0.05) is 44.6 Å². The monoisotopic (exact) mass is 434 g/mol. The highest BCUT2D eigenvalue weighted by Crippen LogP contribution is 2.32. The van der Waals surface area contributed by atoms with E-state index in [0.29, 0.717) is 18.8 Å². The summed E-state index contributed by atoms with van der Waals surface area (Å²) in [6.07, 6.45) is 1.58. The number of anilines is 1. The van der Waals surface area contributed by atoms with Crippen molar-refractivity contribution in [1.29, 1.82) is 5.26 Å². The van der Waals surface area contributed by atoms with Gasteiger partial charge in [-0.2, -0.15) is 5.26 Å². The summed E-state index contributed by atoms with van der Waals surface area (Å²) in [6.45, 7) is 4.01. The summed E-state index contributed by atoms with van der Waals surface area (Å²) in [5.74, 6) is -0.0355. The minimum atomic E-state index is -1.04. The number of piperazine rings is 1. The van der Waals surface area contributed by atoms with Crippen LogP contribution in [0.25, 0.3) is 0 Å². The Hall–Kier alpha value is -4.03. The molecule has 0 bridgehead atoms. The molecule has 0 spiro atoms. The molecule has 1 fully saturated rings. The van der Waals surface area contributed by atoms with Crippen molar-refractivity contribution in [2.45, 2.75) is 6.54 Å². The molecule has 0 aromatic heterocycles. The first-order valence-corrected chi connectivity index (χ1v) is 10.1. The number of carboxylic acid groups (broad SMARTS) is 1. The van der Waals surface area contributed by atoms with Crippen LogP contribution in [0.4, 0.5) is 5.69 Å². The van der Waals surface area contributed by atoms with Gasteiger partial charge in [-0.3, -0.25) is 9.69 Å². The number of hydrogen-bond donors (Lipinski definition) is 2. The molecule has 2 aliphatic rings. The summed E-state index contributed by atoms with van der Waals surface area (Å²) in [5, 5.41) is 21.0. The molecule has 2 aromatic carbocycles. The minimum Gasteiger partial charge on any atom is -0.478 e. The predicted molar refractivity (Wildman–Crippen MR) is 115 cm³/mol. The Morgan fingerprint density at radius 3 is 2.47 bits per heavy atom. The van der Waals surface area contributed by atoms with Crippen molar-refractivity contribution >= 4 is 17.6 Å². The predicted octanol–water partition coefficient (Wildman–Crippen LogP) is 2.28. The van der Waals surface area contributed by atoms with Gasteiger partial charge < -0.3 is 24.8 Å². The van der Waals surface area contributed by atoms with Gasteiger partial charge >= 0.3 is 5.97 Å². The number of carbonyl (C=O) groups is 2. The number of hydrogen-bond acceptors (Lipinski definition) is 7. The number of nitrogens with one attached hydrogen (secondary N) is 1. The normalized spacial score (nSPS) is 15.8. The molecule has 2 N–H and O–H groups in total. The van der Waals surface area contributed by atoms with E-state index in [-0.39, 0.29) is 17.9 Å². The average Bonchev–Trinajstić information content (AvgIpc) is 3.27. The summed E-state index contributed by atoms with van der Waals surface area (Å²) in [5.41, 5.74) is 1.69. The molecule has 1 saturated heterocycles. The maximum Gasteiger partial charge on any atom is 0.335 e. The van der Waals surface area contributed by atoms with Crippen LogP contribution in [-0.2, 0) is 11.3 Å². The van der Waals surface area contributed by atoms with Gasteiger partial charge in [0.2, 0.25) is 6.79 Å². The number of benzene rings is 2. The molecule has 0 radical (unpaired) electrons. The van der Waals surface area contributed by atoms with Gasteiger partial charge in [-0.1, -0.05) is 6.07 Å². The molecule has 0 atom stereocenters. The van der Waals surface area contributed by atoms with Gasteiger partial charge in [0.15, 0.2) is 11.5 Å². The quantitative estimate of drug-likeness (QED) is 0.526. The van der Waals surface area contributed by atoms with Crippen LogP contribution < -0.4 is 14.8 Å². The SMILES string of the molecule is N#C/C(=C/N1CCN(Cc2ccc3c(c2)OCO3)CC1)C(=O)Nc1ccc(C(=O)O)cc1. The molecule has 1 amide bonds.